The molecule has 2 heterocycles. The van der Waals surface area contributed by atoms with Crippen molar-refractivity contribution >= 4 is 40.5 Å². The molecule has 3 aromatic rings. The standard InChI is InChI=1S/C25H25N3O4S/c1-2-32-25(31)19-10-11-21(20(17-19)26-23(29)22-9-6-16-33-22)27-12-14-28(15-13-27)24(30)18-7-4-3-5-8-18/h3-11,16-17H,2,12-15H2,1H3,(H,26,29). The van der Waals surface area contributed by atoms with Gasteiger partial charge in [0.15, 0.2) is 0 Å². The van der Waals surface area contributed by atoms with Crippen molar-refractivity contribution in [3.05, 3.63) is 82.0 Å². The van der Waals surface area contributed by atoms with E-state index >= 15 is 0 Å². The van der Waals surface area contributed by atoms with E-state index in [2.05, 4.69) is 10.2 Å². The molecule has 2 amide bonds. The zero-order chi connectivity index (χ0) is 23.2. The van der Waals surface area contributed by atoms with Gasteiger partial charge in [0, 0.05) is 31.7 Å². The predicted molar refractivity (Wildman–Crippen MR) is 129 cm³/mol. The van der Waals surface area contributed by atoms with Gasteiger partial charge in [0.05, 0.1) is 28.4 Å². The lowest BCUT2D eigenvalue weighted by molar-refractivity contribution is 0.0526. The molecule has 1 fully saturated rings. The van der Waals surface area contributed by atoms with Crippen LogP contribution in [-0.2, 0) is 4.74 Å². The normalized spacial score (nSPS) is 13.5. The quantitative estimate of drug-likeness (QED) is 0.556. The summed E-state index contributed by atoms with van der Waals surface area (Å²) in [4.78, 5) is 42.3. The molecule has 1 aromatic heterocycles. The Morgan fingerprint density at radius 2 is 1.70 bits per heavy atom. The fourth-order valence-electron chi connectivity index (χ4n) is 3.76. The lowest BCUT2D eigenvalue weighted by Crippen LogP contribution is -2.49. The number of esters is 1. The van der Waals surface area contributed by atoms with Crippen LogP contribution >= 0.6 is 11.3 Å². The molecule has 1 N–H and O–H groups in total. The van der Waals surface area contributed by atoms with E-state index in [1.807, 2.05) is 52.7 Å². The number of hydrogen-bond donors (Lipinski definition) is 1. The Kier molecular flexibility index (Phi) is 7.04. The topological polar surface area (TPSA) is 79.0 Å². The summed E-state index contributed by atoms with van der Waals surface area (Å²) in [7, 11) is 0. The smallest absolute Gasteiger partial charge is 0.338 e. The summed E-state index contributed by atoms with van der Waals surface area (Å²) in [6.45, 7) is 4.37. The predicted octanol–water partition coefficient (Wildman–Crippen LogP) is 4.14. The average molecular weight is 464 g/mol. The fourth-order valence-corrected chi connectivity index (χ4v) is 4.38. The van der Waals surface area contributed by atoms with Crippen LogP contribution in [0.2, 0.25) is 0 Å². The van der Waals surface area contributed by atoms with Gasteiger partial charge in [-0.3, -0.25) is 9.59 Å². The van der Waals surface area contributed by atoms with Crippen molar-refractivity contribution in [2.75, 3.05) is 43.0 Å². The Labute approximate surface area is 196 Å². The molecule has 0 saturated carbocycles. The van der Waals surface area contributed by atoms with Crippen molar-refractivity contribution in [3.63, 3.8) is 0 Å². The highest BCUT2D eigenvalue weighted by atomic mass is 32.1. The Bertz CT molecular complexity index is 1120. The molecule has 1 saturated heterocycles. The molecule has 0 radical (unpaired) electrons. The summed E-state index contributed by atoms with van der Waals surface area (Å²) in [5.41, 5.74) is 2.40. The molecule has 0 aliphatic carbocycles. The Morgan fingerprint density at radius 3 is 2.36 bits per heavy atom. The number of amides is 2. The van der Waals surface area contributed by atoms with Gasteiger partial charge in [-0.15, -0.1) is 11.3 Å². The second-order valence-electron chi connectivity index (χ2n) is 7.53. The van der Waals surface area contributed by atoms with Gasteiger partial charge in [-0.05, 0) is 48.7 Å². The van der Waals surface area contributed by atoms with Crippen molar-refractivity contribution in [2.24, 2.45) is 0 Å². The van der Waals surface area contributed by atoms with Crippen molar-refractivity contribution in [1.29, 1.82) is 0 Å². The third-order valence-electron chi connectivity index (χ3n) is 5.43. The van der Waals surface area contributed by atoms with Gasteiger partial charge in [0.25, 0.3) is 11.8 Å². The number of carbonyl (C=O) groups excluding carboxylic acids is 3. The SMILES string of the molecule is CCOC(=O)c1ccc(N2CCN(C(=O)c3ccccc3)CC2)c(NC(=O)c2cccs2)c1. The van der Waals surface area contributed by atoms with Crippen molar-refractivity contribution in [3.8, 4) is 0 Å². The molecule has 1 aliphatic heterocycles. The first-order valence-electron chi connectivity index (χ1n) is 10.8. The summed E-state index contributed by atoms with van der Waals surface area (Å²) in [5, 5.41) is 4.79. The van der Waals surface area contributed by atoms with Crippen LogP contribution in [-0.4, -0.2) is 55.5 Å². The summed E-state index contributed by atoms with van der Waals surface area (Å²) in [6, 6.07) is 18.0. The van der Waals surface area contributed by atoms with E-state index in [4.69, 9.17) is 4.74 Å². The van der Waals surface area contributed by atoms with E-state index in [0.29, 0.717) is 47.9 Å². The van der Waals surface area contributed by atoms with Crippen LogP contribution in [0.3, 0.4) is 0 Å². The maximum absolute atomic E-state index is 12.8. The highest BCUT2D eigenvalue weighted by Crippen LogP contribution is 2.30. The van der Waals surface area contributed by atoms with Gasteiger partial charge in [-0.25, -0.2) is 4.79 Å². The molecule has 2 aromatic carbocycles. The molecule has 4 rings (SSSR count). The number of carbonyl (C=O) groups is 3. The van der Waals surface area contributed by atoms with Gasteiger partial charge >= 0.3 is 5.97 Å². The number of benzene rings is 2. The first-order valence-corrected chi connectivity index (χ1v) is 11.7. The second kappa shape index (κ2) is 10.3. The molecule has 0 spiro atoms. The van der Waals surface area contributed by atoms with Crippen LogP contribution in [0.1, 0.15) is 37.3 Å². The lowest BCUT2D eigenvalue weighted by Gasteiger charge is -2.37. The minimum atomic E-state index is -0.436. The van der Waals surface area contributed by atoms with E-state index < -0.39 is 5.97 Å². The maximum atomic E-state index is 12.8. The summed E-state index contributed by atoms with van der Waals surface area (Å²) in [5.74, 6) is -0.654. The van der Waals surface area contributed by atoms with E-state index in [-0.39, 0.29) is 18.4 Å². The van der Waals surface area contributed by atoms with Crippen LogP contribution in [0.15, 0.2) is 66.0 Å². The highest BCUT2D eigenvalue weighted by molar-refractivity contribution is 7.12. The number of nitrogens with zero attached hydrogens (tertiary/aromatic N) is 2. The summed E-state index contributed by atoms with van der Waals surface area (Å²) in [6.07, 6.45) is 0. The third kappa shape index (κ3) is 5.23. The number of piperazine rings is 1. The van der Waals surface area contributed by atoms with Crippen LogP contribution in [0, 0.1) is 0 Å². The highest BCUT2D eigenvalue weighted by Gasteiger charge is 2.25. The molecular formula is C25H25N3O4S. The molecule has 1 aliphatic rings. The Balaban J connectivity index is 1.53. The summed E-state index contributed by atoms with van der Waals surface area (Å²) >= 11 is 1.35. The van der Waals surface area contributed by atoms with Crippen molar-refractivity contribution < 1.29 is 19.1 Å². The molecule has 0 unspecified atom stereocenters. The maximum Gasteiger partial charge on any atom is 0.338 e. The van der Waals surface area contributed by atoms with Gasteiger partial charge in [0.1, 0.15) is 0 Å². The minimum Gasteiger partial charge on any atom is -0.462 e. The number of thiophene rings is 1. The van der Waals surface area contributed by atoms with Crippen LogP contribution in [0.4, 0.5) is 11.4 Å². The molecule has 0 atom stereocenters. The van der Waals surface area contributed by atoms with Crippen molar-refractivity contribution in [2.45, 2.75) is 6.92 Å². The van der Waals surface area contributed by atoms with Crippen LogP contribution < -0.4 is 10.2 Å². The molecule has 170 valence electrons. The first kappa shape index (κ1) is 22.5. The molecule has 8 heteroatoms. The van der Waals surface area contributed by atoms with Gasteiger partial charge in [-0.1, -0.05) is 24.3 Å². The Morgan fingerprint density at radius 1 is 0.939 bits per heavy atom. The zero-order valence-corrected chi connectivity index (χ0v) is 19.1. The van der Waals surface area contributed by atoms with Crippen LogP contribution in [0.5, 0.6) is 0 Å². The van der Waals surface area contributed by atoms with Crippen molar-refractivity contribution in [1.82, 2.24) is 4.90 Å². The lowest BCUT2D eigenvalue weighted by atomic mass is 10.1. The van der Waals surface area contributed by atoms with Gasteiger partial charge < -0.3 is 19.9 Å². The van der Waals surface area contributed by atoms with E-state index in [9.17, 15) is 14.4 Å². The number of ether oxygens (including phenoxy) is 1. The second-order valence-corrected chi connectivity index (χ2v) is 8.48. The Hall–Kier alpha value is -3.65. The molecule has 7 nitrogen and oxygen atoms in total. The zero-order valence-electron chi connectivity index (χ0n) is 18.3. The largest absolute Gasteiger partial charge is 0.462 e. The molecule has 33 heavy (non-hydrogen) atoms. The molecular weight excluding hydrogens is 438 g/mol. The monoisotopic (exact) mass is 463 g/mol. The van der Waals surface area contributed by atoms with Gasteiger partial charge in [0.2, 0.25) is 0 Å². The number of anilines is 2. The average Bonchev–Trinajstić information content (AvgIpc) is 3.40. The van der Waals surface area contributed by atoms with E-state index in [0.717, 1.165) is 5.69 Å². The van der Waals surface area contributed by atoms with E-state index in [1.54, 1.807) is 25.1 Å². The summed E-state index contributed by atoms with van der Waals surface area (Å²) < 4.78 is 5.12. The third-order valence-corrected chi connectivity index (χ3v) is 6.30. The number of rotatable bonds is 6. The van der Waals surface area contributed by atoms with Crippen LogP contribution in [0.25, 0.3) is 0 Å². The first-order chi connectivity index (χ1) is 16.1. The molecule has 0 bridgehead atoms. The van der Waals surface area contributed by atoms with Gasteiger partial charge in [-0.2, -0.15) is 0 Å². The number of hydrogen-bond acceptors (Lipinski definition) is 6. The minimum absolute atomic E-state index is 0.0131. The van der Waals surface area contributed by atoms with E-state index in [1.165, 1.54) is 11.3 Å². The fraction of sp³-hybridized carbons (Fsp3) is 0.240. The number of nitrogens with one attached hydrogen (secondary N) is 1.